The maximum atomic E-state index is 4.35. The molecular weight excluding hydrogens is 196 g/mol. The number of aryl methyl sites for hydroxylation is 1. The van der Waals surface area contributed by atoms with Crippen LogP contribution in [0.2, 0.25) is 0 Å². The Morgan fingerprint density at radius 1 is 1.57 bits per heavy atom. The van der Waals surface area contributed by atoms with Crippen molar-refractivity contribution in [2.45, 2.75) is 20.4 Å². The highest BCUT2D eigenvalue weighted by molar-refractivity contribution is 7.09. The second-order valence-electron chi connectivity index (χ2n) is 2.84. The third-order valence-electron chi connectivity index (χ3n) is 1.64. The Bertz CT molecular complexity index is 306. The van der Waals surface area contributed by atoms with Crippen molar-refractivity contribution in [3.8, 4) is 0 Å². The highest BCUT2D eigenvalue weighted by Crippen LogP contribution is 2.07. The molecule has 0 bridgehead atoms. The van der Waals surface area contributed by atoms with E-state index in [1.807, 2.05) is 19.2 Å². The molecule has 0 aliphatic carbocycles. The highest BCUT2D eigenvalue weighted by Gasteiger charge is 1.99. The molecule has 2 N–H and O–H groups in total. The molecule has 14 heavy (non-hydrogen) atoms. The Kier molecular flexibility index (Phi) is 4.39. The lowest BCUT2D eigenvalue weighted by molar-refractivity contribution is 0.822. The normalized spacial score (nSPS) is 11.5. The van der Waals surface area contributed by atoms with Crippen LogP contribution < -0.4 is 10.6 Å². The first-order valence-electron chi connectivity index (χ1n) is 4.61. The Hall–Kier alpha value is -1.10. The number of nitrogens with zero attached hydrogens (tertiary/aromatic N) is 2. The molecule has 0 saturated heterocycles. The van der Waals surface area contributed by atoms with Crippen LogP contribution in [-0.2, 0) is 6.54 Å². The van der Waals surface area contributed by atoms with Crippen LogP contribution in [0.5, 0.6) is 0 Å². The van der Waals surface area contributed by atoms with Crippen molar-refractivity contribution in [3.63, 3.8) is 0 Å². The smallest absolute Gasteiger partial charge is 0.191 e. The summed E-state index contributed by atoms with van der Waals surface area (Å²) < 4.78 is 0. The van der Waals surface area contributed by atoms with Gasteiger partial charge in [-0.2, -0.15) is 0 Å². The molecule has 0 radical (unpaired) electrons. The number of aliphatic imine (C=N–C) groups is 1. The zero-order valence-electron chi connectivity index (χ0n) is 8.79. The molecule has 0 aliphatic rings. The Labute approximate surface area is 88.5 Å². The molecule has 0 atom stereocenters. The molecule has 0 amide bonds. The van der Waals surface area contributed by atoms with Gasteiger partial charge in [0.1, 0.15) is 5.01 Å². The number of hydrogen-bond donors (Lipinski definition) is 2. The minimum absolute atomic E-state index is 0.734. The Morgan fingerprint density at radius 2 is 2.36 bits per heavy atom. The molecule has 0 unspecified atom stereocenters. The number of thiazole rings is 1. The number of guanidine groups is 1. The maximum Gasteiger partial charge on any atom is 0.191 e. The van der Waals surface area contributed by atoms with E-state index in [0.717, 1.165) is 29.8 Å². The molecule has 5 heteroatoms. The van der Waals surface area contributed by atoms with E-state index in [0.29, 0.717) is 0 Å². The van der Waals surface area contributed by atoms with Crippen LogP contribution in [0, 0.1) is 6.92 Å². The van der Waals surface area contributed by atoms with Gasteiger partial charge in [0.2, 0.25) is 0 Å². The highest BCUT2D eigenvalue weighted by atomic mass is 32.1. The summed E-state index contributed by atoms with van der Waals surface area (Å²) in [6, 6.07) is 0. The molecule has 78 valence electrons. The average molecular weight is 212 g/mol. The minimum atomic E-state index is 0.734. The molecule has 0 spiro atoms. The van der Waals surface area contributed by atoms with Crippen molar-refractivity contribution in [1.29, 1.82) is 0 Å². The monoisotopic (exact) mass is 212 g/mol. The van der Waals surface area contributed by atoms with Crippen molar-refractivity contribution in [1.82, 2.24) is 15.6 Å². The van der Waals surface area contributed by atoms with Crippen molar-refractivity contribution in [2.75, 3.05) is 13.6 Å². The molecule has 0 fully saturated rings. The molecule has 0 aliphatic heterocycles. The number of rotatable bonds is 3. The number of hydrogen-bond acceptors (Lipinski definition) is 3. The predicted octanol–water partition coefficient (Wildman–Crippen LogP) is 1.14. The van der Waals surface area contributed by atoms with Crippen LogP contribution in [0.25, 0.3) is 0 Å². The van der Waals surface area contributed by atoms with Gasteiger partial charge in [0, 0.05) is 24.7 Å². The Balaban J connectivity index is 2.39. The van der Waals surface area contributed by atoms with Gasteiger partial charge in [-0.05, 0) is 13.8 Å². The van der Waals surface area contributed by atoms with Crippen LogP contribution >= 0.6 is 11.3 Å². The molecule has 1 heterocycles. The van der Waals surface area contributed by atoms with Crippen molar-refractivity contribution < 1.29 is 0 Å². The third-order valence-corrected chi connectivity index (χ3v) is 2.61. The number of aromatic nitrogens is 1. The summed E-state index contributed by atoms with van der Waals surface area (Å²) in [7, 11) is 1.76. The lowest BCUT2D eigenvalue weighted by Crippen LogP contribution is -2.36. The summed E-state index contributed by atoms with van der Waals surface area (Å²) in [6.07, 6.45) is 0. The van der Waals surface area contributed by atoms with E-state index in [1.165, 1.54) is 0 Å². The average Bonchev–Trinajstić information content (AvgIpc) is 2.59. The molecule has 1 rings (SSSR count). The molecule has 0 aromatic carbocycles. The van der Waals surface area contributed by atoms with E-state index in [1.54, 1.807) is 18.4 Å². The summed E-state index contributed by atoms with van der Waals surface area (Å²) >= 11 is 1.66. The zero-order chi connectivity index (χ0) is 10.4. The van der Waals surface area contributed by atoms with Gasteiger partial charge in [0.25, 0.3) is 0 Å². The van der Waals surface area contributed by atoms with Crippen LogP contribution in [0.15, 0.2) is 10.4 Å². The first-order valence-corrected chi connectivity index (χ1v) is 5.49. The van der Waals surface area contributed by atoms with Crippen molar-refractivity contribution in [2.24, 2.45) is 4.99 Å². The standard InChI is InChI=1S/C9H16N4S/c1-4-11-9(10-3)12-5-8-13-7(2)6-14-8/h6H,4-5H2,1-3H3,(H2,10,11,12). The molecule has 0 saturated carbocycles. The first-order chi connectivity index (χ1) is 6.76. The van der Waals surface area contributed by atoms with E-state index in [9.17, 15) is 0 Å². The second-order valence-corrected chi connectivity index (χ2v) is 3.78. The van der Waals surface area contributed by atoms with Gasteiger partial charge in [-0.15, -0.1) is 11.3 Å². The molecule has 1 aromatic heterocycles. The fourth-order valence-electron chi connectivity index (χ4n) is 1.03. The summed E-state index contributed by atoms with van der Waals surface area (Å²) in [6.45, 7) is 5.65. The van der Waals surface area contributed by atoms with Crippen molar-refractivity contribution >= 4 is 17.3 Å². The fraction of sp³-hybridized carbons (Fsp3) is 0.556. The topological polar surface area (TPSA) is 49.3 Å². The second kappa shape index (κ2) is 5.59. The largest absolute Gasteiger partial charge is 0.357 e. The van der Waals surface area contributed by atoms with Crippen LogP contribution in [-0.4, -0.2) is 24.5 Å². The van der Waals surface area contributed by atoms with Crippen molar-refractivity contribution in [3.05, 3.63) is 16.1 Å². The van der Waals surface area contributed by atoms with Crippen LogP contribution in [0.1, 0.15) is 17.6 Å². The molecule has 4 nitrogen and oxygen atoms in total. The minimum Gasteiger partial charge on any atom is -0.357 e. The van der Waals surface area contributed by atoms with Gasteiger partial charge < -0.3 is 10.6 Å². The lowest BCUT2D eigenvalue weighted by atomic mass is 10.5. The summed E-state index contributed by atoms with van der Waals surface area (Å²) in [5, 5.41) is 9.45. The quantitative estimate of drug-likeness (QED) is 0.583. The van der Waals surface area contributed by atoms with Gasteiger partial charge in [0.05, 0.1) is 6.54 Å². The van der Waals surface area contributed by atoms with E-state index in [-0.39, 0.29) is 0 Å². The van der Waals surface area contributed by atoms with E-state index in [2.05, 4.69) is 20.6 Å². The van der Waals surface area contributed by atoms with Gasteiger partial charge in [-0.3, -0.25) is 4.99 Å². The van der Waals surface area contributed by atoms with Crippen LogP contribution in [0.4, 0.5) is 0 Å². The first kappa shape index (κ1) is 11.0. The zero-order valence-corrected chi connectivity index (χ0v) is 9.61. The van der Waals surface area contributed by atoms with E-state index >= 15 is 0 Å². The van der Waals surface area contributed by atoms with E-state index < -0.39 is 0 Å². The van der Waals surface area contributed by atoms with Gasteiger partial charge in [0.15, 0.2) is 5.96 Å². The van der Waals surface area contributed by atoms with Gasteiger partial charge >= 0.3 is 0 Å². The predicted molar refractivity (Wildman–Crippen MR) is 60.7 cm³/mol. The SMILES string of the molecule is CCNC(=NC)NCc1nc(C)cs1. The lowest BCUT2D eigenvalue weighted by Gasteiger charge is -2.08. The van der Waals surface area contributed by atoms with Crippen LogP contribution in [0.3, 0.4) is 0 Å². The molecular formula is C9H16N4S. The third kappa shape index (κ3) is 3.33. The Morgan fingerprint density at radius 3 is 2.86 bits per heavy atom. The summed E-state index contributed by atoms with van der Waals surface area (Å²) in [4.78, 5) is 8.42. The summed E-state index contributed by atoms with van der Waals surface area (Å²) in [5.41, 5.74) is 1.07. The summed E-state index contributed by atoms with van der Waals surface area (Å²) in [5.74, 6) is 0.820. The van der Waals surface area contributed by atoms with E-state index in [4.69, 9.17) is 0 Å². The number of nitrogens with one attached hydrogen (secondary N) is 2. The van der Waals surface area contributed by atoms with Gasteiger partial charge in [-0.1, -0.05) is 0 Å². The maximum absolute atomic E-state index is 4.35. The molecule has 1 aromatic rings. The fourth-order valence-corrected chi connectivity index (χ4v) is 1.74. The van der Waals surface area contributed by atoms with Gasteiger partial charge in [-0.25, -0.2) is 4.98 Å².